The van der Waals surface area contributed by atoms with Gasteiger partial charge in [0.2, 0.25) is 5.78 Å². The summed E-state index contributed by atoms with van der Waals surface area (Å²) in [6.07, 6.45) is 10.5. The molecule has 1 unspecified atom stereocenters. The Bertz CT molecular complexity index is 894. The molecule has 130 valence electrons. The zero-order valence-corrected chi connectivity index (χ0v) is 15.1. The second-order valence-electron chi connectivity index (χ2n) is 7.16. The zero-order chi connectivity index (χ0) is 17.6. The largest absolute Gasteiger partial charge is 0.359 e. The predicted molar refractivity (Wildman–Crippen MR) is 101 cm³/mol. The van der Waals surface area contributed by atoms with Crippen molar-refractivity contribution < 1.29 is 4.79 Å². The van der Waals surface area contributed by atoms with E-state index in [9.17, 15) is 4.79 Å². The normalized spacial score (nSPS) is 21.4. The molecule has 3 heterocycles. The number of aromatic nitrogens is 2. The molecule has 1 aliphatic carbocycles. The van der Waals surface area contributed by atoms with Crippen LogP contribution in [-0.2, 0) is 18.3 Å². The molecule has 1 aliphatic heterocycles. The minimum Gasteiger partial charge on any atom is -0.359 e. The summed E-state index contributed by atoms with van der Waals surface area (Å²) in [6, 6.07) is 4.00. The maximum absolute atomic E-state index is 12.5. The monoisotopic (exact) mass is 335 g/mol. The van der Waals surface area contributed by atoms with Crippen molar-refractivity contribution in [3.8, 4) is 0 Å². The molecule has 2 aromatic heterocycles. The molecule has 1 atom stereocenters. The number of nitrogens with zero attached hydrogens (tertiary/aromatic N) is 1. The molecule has 0 spiro atoms. The number of allylic oxidation sites excluding steroid dienone is 1. The third-order valence-electron chi connectivity index (χ3n) is 5.59. The number of carbonyl (C=O) groups is 1. The van der Waals surface area contributed by atoms with Crippen molar-refractivity contribution >= 4 is 17.6 Å². The van der Waals surface area contributed by atoms with Gasteiger partial charge in [0.15, 0.2) is 0 Å². The van der Waals surface area contributed by atoms with E-state index in [1.165, 1.54) is 29.7 Å². The summed E-state index contributed by atoms with van der Waals surface area (Å²) in [4.78, 5) is 16.0. The van der Waals surface area contributed by atoms with Gasteiger partial charge in [0.25, 0.3) is 0 Å². The molecule has 2 aromatic rings. The highest BCUT2D eigenvalue weighted by Gasteiger charge is 2.27. The maximum Gasteiger partial charge on any atom is 0.204 e. The fourth-order valence-corrected chi connectivity index (χ4v) is 4.27. The van der Waals surface area contributed by atoms with E-state index in [0.717, 1.165) is 29.9 Å². The molecule has 4 nitrogen and oxygen atoms in total. The molecule has 0 amide bonds. The lowest BCUT2D eigenvalue weighted by Crippen LogP contribution is -2.12. The molecule has 4 rings (SSSR count). The smallest absolute Gasteiger partial charge is 0.204 e. The summed E-state index contributed by atoms with van der Waals surface area (Å²) in [5, 5.41) is 3.31. The van der Waals surface area contributed by atoms with Crippen molar-refractivity contribution in [3.05, 3.63) is 58.3 Å². The highest BCUT2D eigenvalue weighted by molar-refractivity contribution is 6.15. The molecule has 0 saturated heterocycles. The average molecular weight is 335 g/mol. The highest BCUT2D eigenvalue weighted by Crippen LogP contribution is 2.39. The first-order chi connectivity index (χ1) is 12.1. The Labute approximate surface area is 148 Å². The highest BCUT2D eigenvalue weighted by atomic mass is 16.1. The van der Waals surface area contributed by atoms with E-state index in [1.54, 1.807) is 6.08 Å². The van der Waals surface area contributed by atoms with Gasteiger partial charge in [-0.05, 0) is 67.9 Å². The van der Waals surface area contributed by atoms with Crippen LogP contribution < -0.4 is 5.32 Å². The van der Waals surface area contributed by atoms with E-state index in [0.29, 0.717) is 11.6 Å². The van der Waals surface area contributed by atoms with E-state index in [4.69, 9.17) is 0 Å². The first-order valence-corrected chi connectivity index (χ1v) is 9.16. The second-order valence-corrected chi connectivity index (χ2v) is 7.16. The van der Waals surface area contributed by atoms with E-state index < -0.39 is 0 Å². The molecule has 2 N–H and O–H groups in total. The van der Waals surface area contributed by atoms with Gasteiger partial charge in [-0.25, -0.2) is 0 Å². The molecular formula is C21H25N3O. The molecule has 0 aromatic carbocycles. The van der Waals surface area contributed by atoms with Gasteiger partial charge < -0.3 is 14.9 Å². The van der Waals surface area contributed by atoms with Gasteiger partial charge in [0.05, 0.1) is 17.1 Å². The summed E-state index contributed by atoms with van der Waals surface area (Å²) >= 11 is 0. The summed E-state index contributed by atoms with van der Waals surface area (Å²) in [5.74, 6) is 0.637. The molecule has 0 radical (unpaired) electrons. The van der Waals surface area contributed by atoms with Crippen LogP contribution in [0.1, 0.15) is 60.3 Å². The van der Waals surface area contributed by atoms with Gasteiger partial charge in [-0.3, -0.25) is 4.79 Å². The third-order valence-corrected chi connectivity index (χ3v) is 5.59. The molecule has 0 bridgehead atoms. The minimum absolute atomic E-state index is 0.0426. The third kappa shape index (κ3) is 2.66. The second kappa shape index (κ2) is 6.10. The first kappa shape index (κ1) is 16.0. The maximum atomic E-state index is 12.5. The lowest BCUT2D eigenvalue weighted by molar-refractivity contribution is -0.111. The topological polar surface area (TPSA) is 49.8 Å². The van der Waals surface area contributed by atoms with Crippen LogP contribution in [0.25, 0.3) is 11.8 Å². The number of hydrogen-bond acceptors (Lipinski definition) is 2. The van der Waals surface area contributed by atoms with Crippen LogP contribution in [0, 0.1) is 6.92 Å². The Hall–Kier alpha value is -2.49. The van der Waals surface area contributed by atoms with Gasteiger partial charge in [-0.1, -0.05) is 6.92 Å². The molecule has 0 saturated carbocycles. The quantitative estimate of drug-likeness (QED) is 0.832. The van der Waals surface area contributed by atoms with Gasteiger partial charge in [-0.15, -0.1) is 0 Å². The van der Waals surface area contributed by atoms with Crippen LogP contribution in [-0.4, -0.2) is 15.3 Å². The van der Waals surface area contributed by atoms with Crippen LogP contribution in [0.15, 0.2) is 30.1 Å². The number of aryl methyl sites for hydroxylation is 2. The fourth-order valence-electron chi connectivity index (χ4n) is 4.27. The average Bonchev–Trinajstić information content (AvgIpc) is 3.27. The summed E-state index contributed by atoms with van der Waals surface area (Å²) in [7, 11) is 1.99. The van der Waals surface area contributed by atoms with Crippen LogP contribution in [0.4, 0.5) is 0 Å². The van der Waals surface area contributed by atoms with Crippen LogP contribution in [0.3, 0.4) is 0 Å². The number of ketones is 1. The van der Waals surface area contributed by atoms with Gasteiger partial charge >= 0.3 is 0 Å². The Morgan fingerprint density at radius 2 is 2.24 bits per heavy atom. The van der Waals surface area contributed by atoms with Crippen LogP contribution in [0.5, 0.6) is 0 Å². The SMILES string of the molecule is CCC1CCCc2c(C)[nH]c(/C=C3\NC(c4cccn4C)=CC3=O)c21. The number of hydrogen-bond donors (Lipinski definition) is 2. The molecule has 25 heavy (non-hydrogen) atoms. The van der Waals surface area contributed by atoms with E-state index in [2.05, 4.69) is 24.1 Å². The lowest BCUT2D eigenvalue weighted by Gasteiger charge is -2.22. The number of H-pyrrole nitrogens is 1. The minimum atomic E-state index is 0.0426. The lowest BCUT2D eigenvalue weighted by atomic mass is 9.81. The van der Waals surface area contributed by atoms with Crippen molar-refractivity contribution in [2.45, 2.75) is 45.4 Å². The predicted octanol–water partition coefficient (Wildman–Crippen LogP) is 4.05. The first-order valence-electron chi connectivity index (χ1n) is 9.16. The van der Waals surface area contributed by atoms with E-state index in [1.807, 2.05) is 36.0 Å². The summed E-state index contributed by atoms with van der Waals surface area (Å²) < 4.78 is 2.02. The molecule has 0 fully saturated rings. The number of aromatic amines is 1. The number of fused-ring (bicyclic) bond motifs is 1. The summed E-state index contributed by atoms with van der Waals surface area (Å²) in [5.41, 5.74) is 7.80. The molecule has 2 aliphatic rings. The molecule has 4 heteroatoms. The number of carbonyl (C=O) groups excluding carboxylic acids is 1. The Balaban J connectivity index is 1.69. The standard InChI is InChI=1S/C21H25N3O/c1-4-14-7-5-8-15-13(2)22-18(21(14)15)11-17-20(25)12-16(23-17)19-9-6-10-24(19)3/h6,9-12,14,22-23H,4-5,7-8H2,1-3H3/b17-11-. The Morgan fingerprint density at radius 3 is 2.96 bits per heavy atom. The van der Waals surface area contributed by atoms with E-state index >= 15 is 0 Å². The number of nitrogens with one attached hydrogen (secondary N) is 2. The van der Waals surface area contributed by atoms with Crippen molar-refractivity contribution in [1.29, 1.82) is 0 Å². The number of rotatable bonds is 3. The van der Waals surface area contributed by atoms with Crippen LogP contribution in [0.2, 0.25) is 0 Å². The van der Waals surface area contributed by atoms with Gasteiger partial charge in [0, 0.05) is 30.7 Å². The molecular weight excluding hydrogens is 310 g/mol. The van der Waals surface area contributed by atoms with E-state index in [-0.39, 0.29) is 5.78 Å². The Morgan fingerprint density at radius 1 is 1.40 bits per heavy atom. The van der Waals surface area contributed by atoms with Crippen molar-refractivity contribution in [2.75, 3.05) is 0 Å². The van der Waals surface area contributed by atoms with Crippen molar-refractivity contribution in [3.63, 3.8) is 0 Å². The van der Waals surface area contributed by atoms with Crippen molar-refractivity contribution in [2.24, 2.45) is 7.05 Å². The Kier molecular flexibility index (Phi) is 3.91. The summed E-state index contributed by atoms with van der Waals surface area (Å²) in [6.45, 7) is 4.41. The zero-order valence-electron chi connectivity index (χ0n) is 15.1. The fraction of sp³-hybridized carbons (Fsp3) is 0.381. The van der Waals surface area contributed by atoms with Gasteiger partial charge in [-0.2, -0.15) is 0 Å². The van der Waals surface area contributed by atoms with Gasteiger partial charge in [0.1, 0.15) is 0 Å². The van der Waals surface area contributed by atoms with Crippen LogP contribution >= 0.6 is 0 Å². The van der Waals surface area contributed by atoms with Crippen molar-refractivity contribution in [1.82, 2.24) is 14.9 Å².